The van der Waals surface area contributed by atoms with Crippen LogP contribution >= 0.6 is 0 Å². The van der Waals surface area contributed by atoms with Gasteiger partial charge in [-0.3, -0.25) is 4.90 Å². The maximum Gasteiger partial charge on any atom is 0.415 e. The largest absolute Gasteiger partial charge is 0.543 e. The Hall–Kier alpha value is -3.66. The van der Waals surface area contributed by atoms with E-state index in [0.29, 0.717) is 17.0 Å². The number of fused-ring (bicyclic) bond motifs is 1. The summed E-state index contributed by atoms with van der Waals surface area (Å²) in [6, 6.07) is 4.66. The Bertz CT molecular complexity index is 1460. The van der Waals surface area contributed by atoms with Crippen LogP contribution in [0.4, 0.5) is 10.5 Å². The number of aliphatic hydroxyl groups excluding tert-OH is 1. The quantitative estimate of drug-likeness (QED) is 0.251. The van der Waals surface area contributed by atoms with E-state index >= 15 is 0 Å². The van der Waals surface area contributed by atoms with Crippen molar-refractivity contribution in [2.24, 2.45) is 11.8 Å². The van der Waals surface area contributed by atoms with Gasteiger partial charge in [-0.05, 0) is 48.5 Å². The van der Waals surface area contributed by atoms with E-state index in [-0.39, 0.29) is 16.4 Å². The SMILES string of the molecule is COC(=O)C1=C(O)[C@@H]2C#C/C=C\C#C[C@@H]3N(C(=O)OC)c4ccc(O[Si](C)(C)C(C)(C)C)cc4[C@]24O[C@@]34[C@H]1C. The van der Waals surface area contributed by atoms with Crippen molar-refractivity contribution in [2.75, 3.05) is 19.1 Å². The average molecular weight is 548 g/mol. The van der Waals surface area contributed by atoms with Crippen molar-refractivity contribution < 1.29 is 33.3 Å². The number of nitrogens with zero attached hydrogens (tertiary/aromatic N) is 1. The summed E-state index contributed by atoms with van der Waals surface area (Å²) < 4.78 is 23.6. The first kappa shape index (κ1) is 26.9. The Balaban J connectivity index is 1.83. The first-order valence-corrected chi connectivity index (χ1v) is 15.8. The smallest absolute Gasteiger partial charge is 0.415 e. The Labute approximate surface area is 230 Å². The molecule has 39 heavy (non-hydrogen) atoms. The third-order valence-electron chi connectivity index (χ3n) is 8.85. The molecule has 1 aromatic rings. The normalized spacial score (nSPS) is 30.8. The Morgan fingerprint density at radius 3 is 2.38 bits per heavy atom. The maximum absolute atomic E-state index is 13.3. The van der Waals surface area contributed by atoms with E-state index in [9.17, 15) is 14.7 Å². The first-order valence-electron chi connectivity index (χ1n) is 12.9. The summed E-state index contributed by atoms with van der Waals surface area (Å²) in [5.74, 6) is 10.3. The van der Waals surface area contributed by atoms with Crippen LogP contribution in [0, 0.1) is 35.5 Å². The van der Waals surface area contributed by atoms with Crippen molar-refractivity contribution in [2.45, 2.75) is 63.1 Å². The number of hydrogen-bond acceptors (Lipinski definition) is 7. The molecule has 0 radical (unpaired) electrons. The molecule has 1 amide bonds. The van der Waals surface area contributed by atoms with Crippen LogP contribution in [0.5, 0.6) is 5.75 Å². The number of esters is 1. The number of carbonyl (C=O) groups is 2. The van der Waals surface area contributed by atoms with Crippen LogP contribution in [-0.4, -0.2) is 51.3 Å². The number of carbonyl (C=O) groups excluding carboxylic acids is 2. The molecule has 5 atom stereocenters. The van der Waals surface area contributed by atoms with Crippen molar-refractivity contribution in [3.63, 3.8) is 0 Å². The highest BCUT2D eigenvalue weighted by Crippen LogP contribution is 2.74. The lowest BCUT2D eigenvalue weighted by molar-refractivity contribution is -0.137. The summed E-state index contributed by atoms with van der Waals surface area (Å²) in [5.41, 5.74) is -1.21. The number of methoxy groups -OCH3 is 2. The summed E-state index contributed by atoms with van der Waals surface area (Å²) in [6.45, 7) is 12.6. The molecular formula is C30H33NO7Si. The highest BCUT2D eigenvalue weighted by atomic mass is 28.4. The van der Waals surface area contributed by atoms with Crippen LogP contribution < -0.4 is 9.33 Å². The summed E-state index contributed by atoms with van der Waals surface area (Å²) in [7, 11) is 0.340. The molecule has 0 unspecified atom stereocenters. The number of amides is 1. The Morgan fingerprint density at radius 1 is 1.10 bits per heavy atom. The van der Waals surface area contributed by atoms with Gasteiger partial charge in [-0.25, -0.2) is 9.59 Å². The van der Waals surface area contributed by atoms with E-state index < -0.39 is 49.5 Å². The molecule has 4 aliphatic rings. The van der Waals surface area contributed by atoms with Gasteiger partial charge in [-0.1, -0.05) is 51.4 Å². The van der Waals surface area contributed by atoms with E-state index in [1.54, 1.807) is 25.1 Å². The molecule has 1 N–H and O–H groups in total. The molecule has 0 aromatic heterocycles. The Kier molecular flexibility index (Phi) is 5.99. The zero-order chi connectivity index (χ0) is 28.5. The van der Waals surface area contributed by atoms with Crippen LogP contribution in [0.2, 0.25) is 18.1 Å². The minimum absolute atomic E-state index is 0.0487. The molecule has 9 heteroatoms. The molecular weight excluding hydrogens is 514 g/mol. The number of ether oxygens (including phenoxy) is 3. The second-order valence-corrected chi connectivity index (χ2v) is 16.5. The van der Waals surface area contributed by atoms with Gasteiger partial charge in [-0.15, -0.1) is 0 Å². The lowest BCUT2D eigenvalue weighted by Crippen LogP contribution is -2.60. The van der Waals surface area contributed by atoms with Crippen LogP contribution in [0.15, 0.2) is 41.7 Å². The highest BCUT2D eigenvalue weighted by molar-refractivity contribution is 6.74. The van der Waals surface area contributed by atoms with Gasteiger partial charge in [0.1, 0.15) is 34.7 Å². The van der Waals surface area contributed by atoms with Crippen molar-refractivity contribution in [3.8, 4) is 29.4 Å². The van der Waals surface area contributed by atoms with Gasteiger partial charge in [-0.2, -0.15) is 0 Å². The van der Waals surface area contributed by atoms with Gasteiger partial charge >= 0.3 is 12.1 Å². The number of epoxide rings is 1. The second-order valence-electron chi connectivity index (χ2n) is 11.8. The number of rotatable bonds is 3. The molecule has 1 aromatic carbocycles. The molecule has 8 nitrogen and oxygen atoms in total. The molecule has 1 saturated heterocycles. The third-order valence-corrected chi connectivity index (χ3v) is 13.2. The second kappa shape index (κ2) is 8.67. The van der Waals surface area contributed by atoms with Gasteiger partial charge in [0.05, 0.1) is 25.5 Å². The fourth-order valence-electron chi connectivity index (χ4n) is 5.88. The van der Waals surface area contributed by atoms with Crippen molar-refractivity contribution in [1.29, 1.82) is 0 Å². The van der Waals surface area contributed by atoms with E-state index in [4.69, 9.17) is 18.6 Å². The lowest BCUT2D eigenvalue weighted by Gasteiger charge is -2.45. The maximum atomic E-state index is 13.3. The predicted octanol–water partition coefficient (Wildman–Crippen LogP) is 4.82. The Morgan fingerprint density at radius 2 is 1.77 bits per heavy atom. The molecule has 4 bridgehead atoms. The van der Waals surface area contributed by atoms with Crippen LogP contribution in [0.3, 0.4) is 0 Å². The van der Waals surface area contributed by atoms with Gasteiger partial charge in [0.2, 0.25) is 8.32 Å². The fourth-order valence-corrected chi connectivity index (χ4v) is 6.90. The van der Waals surface area contributed by atoms with Crippen molar-refractivity contribution >= 4 is 26.1 Å². The highest BCUT2D eigenvalue weighted by Gasteiger charge is 2.86. The third kappa shape index (κ3) is 3.50. The fraction of sp³-hybridized carbons (Fsp3) is 0.467. The van der Waals surface area contributed by atoms with Crippen LogP contribution in [0.25, 0.3) is 0 Å². The molecule has 0 saturated carbocycles. The number of benzene rings is 1. The summed E-state index contributed by atoms with van der Waals surface area (Å²) in [4.78, 5) is 27.8. The first-order chi connectivity index (χ1) is 18.3. The lowest BCUT2D eigenvalue weighted by atomic mass is 9.59. The summed E-state index contributed by atoms with van der Waals surface area (Å²) in [5, 5.41) is 11.5. The van der Waals surface area contributed by atoms with Crippen molar-refractivity contribution in [1.82, 2.24) is 0 Å². The van der Waals surface area contributed by atoms with Gasteiger partial charge in [0.15, 0.2) is 0 Å². The molecule has 5 rings (SSSR count). The molecule has 2 aliphatic heterocycles. The number of allylic oxidation sites excluding steroid dienone is 2. The average Bonchev–Trinajstić information content (AvgIpc) is 3.59. The van der Waals surface area contributed by atoms with Gasteiger partial charge in [0.25, 0.3) is 0 Å². The number of aliphatic hydroxyl groups is 1. The van der Waals surface area contributed by atoms with Crippen molar-refractivity contribution in [3.05, 3.63) is 47.2 Å². The van der Waals surface area contributed by atoms with Crippen LogP contribution in [0.1, 0.15) is 33.3 Å². The van der Waals surface area contributed by atoms with Gasteiger partial charge in [0, 0.05) is 11.5 Å². The standard InChI is InChI=1S/C30H33NO7Si/c1-18-24(26(33)35-5)25(32)20-13-11-9-10-12-14-23-29(18)30(20,38-29)21-17-19(37-39(7,8)28(2,3)4)15-16-22(21)31(23)27(34)36-6/h9-10,15-18,20,23,32H,1-8H3/b10-9-/t18-,20-,23-,29-,30+/m0/s1. The minimum Gasteiger partial charge on any atom is -0.543 e. The molecule has 2 heterocycles. The zero-order valence-corrected chi connectivity index (χ0v) is 24.5. The molecule has 204 valence electrons. The van der Waals surface area contributed by atoms with E-state index in [0.717, 1.165) is 0 Å². The minimum atomic E-state index is -2.23. The van der Waals surface area contributed by atoms with E-state index in [1.165, 1.54) is 19.1 Å². The monoisotopic (exact) mass is 547 g/mol. The summed E-state index contributed by atoms with van der Waals surface area (Å²) >= 11 is 0. The topological polar surface area (TPSA) is 97.8 Å². The molecule has 0 spiro atoms. The van der Waals surface area contributed by atoms with Gasteiger partial charge < -0.3 is 23.7 Å². The summed E-state index contributed by atoms with van der Waals surface area (Å²) in [6.07, 6.45) is 2.53. The number of hydrogen-bond donors (Lipinski definition) is 1. The zero-order valence-electron chi connectivity index (χ0n) is 23.5. The molecule has 2 aliphatic carbocycles. The van der Waals surface area contributed by atoms with E-state index in [1.807, 2.05) is 12.1 Å². The van der Waals surface area contributed by atoms with E-state index in [2.05, 4.69) is 57.5 Å². The molecule has 1 fully saturated rings. The predicted molar refractivity (Wildman–Crippen MR) is 147 cm³/mol. The number of anilines is 1. The van der Waals surface area contributed by atoms with Crippen LogP contribution in [-0.2, 0) is 24.6 Å².